The van der Waals surface area contributed by atoms with Crippen LogP contribution in [0.2, 0.25) is 0 Å². The molecule has 7 nitrogen and oxygen atoms in total. The Bertz CT molecular complexity index is 1140. The van der Waals surface area contributed by atoms with Crippen LogP contribution in [0.1, 0.15) is 24.2 Å². The Labute approximate surface area is 175 Å². The van der Waals surface area contributed by atoms with E-state index < -0.39 is 0 Å². The summed E-state index contributed by atoms with van der Waals surface area (Å²) in [4.78, 5) is 28.0. The lowest BCUT2D eigenvalue weighted by Crippen LogP contribution is -2.29. The van der Waals surface area contributed by atoms with Gasteiger partial charge in [0.05, 0.1) is 37.5 Å². The van der Waals surface area contributed by atoms with E-state index in [0.717, 1.165) is 0 Å². The lowest BCUT2D eigenvalue weighted by Gasteiger charge is -2.22. The molecule has 0 N–H and O–H groups in total. The van der Waals surface area contributed by atoms with Crippen LogP contribution in [0.3, 0.4) is 0 Å². The van der Waals surface area contributed by atoms with Gasteiger partial charge in [0.2, 0.25) is 0 Å². The van der Waals surface area contributed by atoms with E-state index >= 15 is 0 Å². The highest BCUT2D eigenvalue weighted by Crippen LogP contribution is 2.34. The summed E-state index contributed by atoms with van der Waals surface area (Å²) in [5.41, 5.74) is 0.843. The summed E-state index contributed by atoms with van der Waals surface area (Å²) in [6.07, 6.45) is 1.60. The maximum Gasteiger partial charge on any atom is 0.260 e. The molecule has 0 aliphatic carbocycles. The Morgan fingerprint density at radius 1 is 1.00 bits per heavy atom. The van der Waals surface area contributed by atoms with Crippen molar-refractivity contribution in [2.75, 3.05) is 32.8 Å². The third-order valence-corrected chi connectivity index (χ3v) is 4.99. The quantitative estimate of drug-likeness (QED) is 0.594. The highest BCUT2D eigenvalue weighted by atomic mass is 16.5. The molecule has 0 radical (unpaired) electrons. The number of fused-ring (bicyclic) bond motifs is 1. The van der Waals surface area contributed by atoms with Gasteiger partial charge >= 0.3 is 0 Å². The molecule has 2 aromatic carbocycles. The van der Waals surface area contributed by atoms with Crippen molar-refractivity contribution >= 4 is 22.4 Å². The minimum atomic E-state index is -0.262. The van der Waals surface area contributed by atoms with Gasteiger partial charge in [-0.2, -0.15) is 0 Å². The number of methoxy groups -OCH3 is 2. The van der Waals surface area contributed by atoms with Crippen molar-refractivity contribution < 1.29 is 19.0 Å². The fourth-order valence-corrected chi connectivity index (χ4v) is 3.42. The monoisotopic (exact) mass is 410 g/mol. The highest BCUT2D eigenvalue weighted by molar-refractivity contribution is 6.14. The zero-order chi connectivity index (χ0) is 21.8. The molecule has 1 aromatic heterocycles. The van der Waals surface area contributed by atoms with Crippen LogP contribution in [0.15, 0.2) is 47.4 Å². The lowest BCUT2D eigenvalue weighted by atomic mass is 10.0. The second-order valence-corrected chi connectivity index (χ2v) is 6.65. The molecule has 1 amide bonds. The molecule has 7 heteroatoms. The predicted molar refractivity (Wildman–Crippen MR) is 117 cm³/mol. The Morgan fingerprint density at radius 2 is 1.63 bits per heavy atom. The number of carbonyl (C=O) groups is 1. The normalized spacial score (nSPS) is 10.7. The number of carbonyl (C=O) groups excluding carboxylic acids is 1. The average molecular weight is 410 g/mol. The fraction of sp³-hybridized carbons (Fsp3) is 0.304. The number of para-hydroxylation sites is 2. The van der Waals surface area contributed by atoms with Crippen LogP contribution in [0.5, 0.6) is 17.2 Å². The first-order valence-corrected chi connectivity index (χ1v) is 9.75. The molecule has 0 aliphatic heterocycles. The zero-order valence-corrected chi connectivity index (χ0v) is 17.9. The van der Waals surface area contributed by atoms with E-state index in [1.807, 2.05) is 38.1 Å². The van der Waals surface area contributed by atoms with Gasteiger partial charge in [-0.25, -0.2) is 0 Å². The van der Waals surface area contributed by atoms with Crippen molar-refractivity contribution in [1.82, 2.24) is 4.57 Å². The van der Waals surface area contributed by atoms with Crippen LogP contribution in [0.4, 0.5) is 5.69 Å². The Kier molecular flexibility index (Phi) is 6.30. The van der Waals surface area contributed by atoms with E-state index in [1.54, 1.807) is 25.4 Å². The minimum Gasteiger partial charge on any atom is -0.493 e. The molecule has 0 aliphatic rings. The fourth-order valence-electron chi connectivity index (χ4n) is 3.42. The number of anilines is 1. The van der Waals surface area contributed by atoms with Gasteiger partial charge in [-0.15, -0.1) is 0 Å². The van der Waals surface area contributed by atoms with Crippen molar-refractivity contribution in [2.24, 2.45) is 0 Å². The number of amides is 1. The molecular weight excluding hydrogens is 384 g/mol. The molecule has 0 atom stereocenters. The molecule has 0 spiro atoms. The number of hydrogen-bond donors (Lipinski definition) is 0. The molecule has 0 unspecified atom stereocenters. The second-order valence-electron chi connectivity index (χ2n) is 6.65. The Morgan fingerprint density at radius 3 is 2.23 bits per heavy atom. The maximum absolute atomic E-state index is 13.5. The predicted octanol–water partition coefficient (Wildman–Crippen LogP) is 3.71. The molecule has 0 saturated heterocycles. The lowest BCUT2D eigenvalue weighted by molar-refractivity contribution is 0.0993. The molecule has 158 valence electrons. The van der Waals surface area contributed by atoms with Crippen molar-refractivity contribution in [3.05, 3.63) is 58.5 Å². The zero-order valence-electron chi connectivity index (χ0n) is 17.9. The number of ether oxygens (including phenoxy) is 3. The molecule has 3 rings (SSSR count). The van der Waals surface area contributed by atoms with Crippen LogP contribution in [-0.2, 0) is 6.54 Å². The van der Waals surface area contributed by atoms with Crippen molar-refractivity contribution in [3.8, 4) is 17.2 Å². The van der Waals surface area contributed by atoms with Gasteiger partial charge in [0.1, 0.15) is 5.75 Å². The highest BCUT2D eigenvalue weighted by Gasteiger charge is 2.22. The smallest absolute Gasteiger partial charge is 0.260 e. The molecule has 0 saturated carbocycles. The molecular formula is C23H26N2O5. The minimum absolute atomic E-state index is 0.192. The number of pyridine rings is 1. The topological polar surface area (TPSA) is 70.0 Å². The van der Waals surface area contributed by atoms with Gasteiger partial charge < -0.3 is 23.7 Å². The van der Waals surface area contributed by atoms with E-state index in [4.69, 9.17) is 14.2 Å². The SMILES string of the molecule is CCOc1ccccc1N(C)C(=O)c1cn(CC)c(=O)c2cc(OC)c(OC)cc12. The first kappa shape index (κ1) is 21.2. The van der Waals surface area contributed by atoms with E-state index in [9.17, 15) is 9.59 Å². The number of benzene rings is 2. The summed E-state index contributed by atoms with van der Waals surface area (Å²) in [5, 5.41) is 0.903. The van der Waals surface area contributed by atoms with E-state index in [1.165, 1.54) is 23.7 Å². The number of hydrogen-bond acceptors (Lipinski definition) is 5. The van der Waals surface area contributed by atoms with Gasteiger partial charge in [-0.1, -0.05) is 12.1 Å². The van der Waals surface area contributed by atoms with Crippen LogP contribution >= 0.6 is 0 Å². The Hall–Kier alpha value is -3.48. The van der Waals surface area contributed by atoms with Crippen LogP contribution in [0, 0.1) is 0 Å². The first-order valence-electron chi connectivity index (χ1n) is 9.75. The molecule has 30 heavy (non-hydrogen) atoms. The molecule has 3 aromatic rings. The standard InChI is InChI=1S/C23H26N2O5/c1-6-25-14-17(15-12-20(28-4)21(29-5)13-16(15)23(25)27)22(26)24(3)18-10-8-9-11-19(18)30-7-2/h8-14H,6-7H2,1-5H3. The second kappa shape index (κ2) is 8.90. The van der Waals surface area contributed by atoms with E-state index in [-0.39, 0.29) is 11.5 Å². The Balaban J connectivity index is 2.23. The largest absolute Gasteiger partial charge is 0.493 e. The van der Waals surface area contributed by atoms with Crippen LogP contribution in [0.25, 0.3) is 10.8 Å². The van der Waals surface area contributed by atoms with Gasteiger partial charge in [0.15, 0.2) is 11.5 Å². The summed E-state index contributed by atoms with van der Waals surface area (Å²) in [6, 6.07) is 10.6. The summed E-state index contributed by atoms with van der Waals surface area (Å²) >= 11 is 0. The molecule has 1 heterocycles. The molecule has 0 bridgehead atoms. The van der Waals surface area contributed by atoms with Gasteiger partial charge in [-0.05, 0) is 38.1 Å². The van der Waals surface area contributed by atoms with E-state index in [2.05, 4.69) is 0 Å². The van der Waals surface area contributed by atoms with Crippen LogP contribution < -0.4 is 24.7 Å². The number of rotatable bonds is 7. The summed E-state index contributed by atoms with van der Waals surface area (Å²) in [7, 11) is 4.71. The van der Waals surface area contributed by atoms with Gasteiger partial charge in [0.25, 0.3) is 11.5 Å². The third-order valence-electron chi connectivity index (χ3n) is 4.99. The molecule has 0 fully saturated rings. The van der Waals surface area contributed by atoms with Gasteiger partial charge in [-0.3, -0.25) is 9.59 Å². The summed E-state index contributed by atoms with van der Waals surface area (Å²) in [5.74, 6) is 1.24. The van der Waals surface area contributed by atoms with E-state index in [0.29, 0.717) is 52.4 Å². The van der Waals surface area contributed by atoms with Crippen LogP contribution in [-0.4, -0.2) is 38.3 Å². The number of aryl methyl sites for hydroxylation is 1. The summed E-state index contributed by atoms with van der Waals surface area (Å²) in [6.45, 7) is 4.67. The average Bonchev–Trinajstić information content (AvgIpc) is 2.78. The third kappa shape index (κ3) is 3.70. The van der Waals surface area contributed by atoms with Crippen molar-refractivity contribution in [3.63, 3.8) is 0 Å². The van der Waals surface area contributed by atoms with Crippen molar-refractivity contribution in [1.29, 1.82) is 0 Å². The number of aromatic nitrogens is 1. The summed E-state index contributed by atoms with van der Waals surface area (Å²) < 4.78 is 17.9. The van der Waals surface area contributed by atoms with Gasteiger partial charge in [0, 0.05) is 25.2 Å². The number of nitrogens with zero attached hydrogens (tertiary/aromatic N) is 2. The first-order chi connectivity index (χ1) is 14.5. The maximum atomic E-state index is 13.5. The van der Waals surface area contributed by atoms with Crippen molar-refractivity contribution in [2.45, 2.75) is 20.4 Å².